The molecule has 1 unspecified atom stereocenters. The summed E-state index contributed by atoms with van der Waals surface area (Å²) in [4.78, 5) is 1.05. The smallest absolute Gasteiger partial charge is 0.282 e. The lowest BCUT2D eigenvalue weighted by Crippen LogP contribution is -2.41. The number of hydrogen-bond acceptors (Lipinski definition) is 4. The third-order valence-electron chi connectivity index (χ3n) is 3.33. The molecule has 0 aromatic carbocycles. The van der Waals surface area contributed by atoms with E-state index in [1.54, 1.807) is 25.4 Å². The minimum atomic E-state index is -3.41. The van der Waals surface area contributed by atoms with E-state index in [2.05, 4.69) is 5.32 Å². The van der Waals surface area contributed by atoms with Crippen molar-refractivity contribution in [2.45, 2.75) is 26.3 Å². The number of nitrogens with one attached hydrogen (secondary N) is 1. The van der Waals surface area contributed by atoms with Gasteiger partial charge in [0.05, 0.1) is 6.04 Å². The lowest BCUT2D eigenvalue weighted by molar-refractivity contribution is 0.349. The summed E-state index contributed by atoms with van der Waals surface area (Å²) >= 11 is 1.58. The second-order valence-electron chi connectivity index (χ2n) is 4.74. The van der Waals surface area contributed by atoms with Gasteiger partial charge in [0.2, 0.25) is 0 Å². The maximum absolute atomic E-state index is 12.5. The largest absolute Gasteiger partial charge is 0.317 e. The van der Waals surface area contributed by atoms with Gasteiger partial charge in [0.15, 0.2) is 0 Å². The van der Waals surface area contributed by atoms with Crippen LogP contribution in [0.4, 0.5) is 0 Å². The second-order valence-corrected chi connectivity index (χ2v) is 7.82. The molecular formula is C13H25N3O2S2. The molecule has 0 saturated carbocycles. The minimum Gasteiger partial charge on any atom is -0.317 e. The van der Waals surface area contributed by atoms with E-state index < -0.39 is 10.2 Å². The third-order valence-corrected chi connectivity index (χ3v) is 6.39. The van der Waals surface area contributed by atoms with E-state index in [1.807, 2.05) is 31.4 Å². The first-order valence-corrected chi connectivity index (χ1v) is 9.12. The molecule has 0 aliphatic heterocycles. The van der Waals surface area contributed by atoms with Gasteiger partial charge in [-0.15, -0.1) is 11.3 Å². The van der Waals surface area contributed by atoms with Gasteiger partial charge in [-0.3, -0.25) is 0 Å². The van der Waals surface area contributed by atoms with Crippen LogP contribution in [0.1, 0.15) is 31.2 Å². The summed E-state index contributed by atoms with van der Waals surface area (Å²) in [5.41, 5.74) is 0. The Morgan fingerprint density at radius 1 is 1.40 bits per heavy atom. The fourth-order valence-corrected chi connectivity index (χ4v) is 4.05. The van der Waals surface area contributed by atoms with Crippen LogP contribution in [0.3, 0.4) is 0 Å². The van der Waals surface area contributed by atoms with Crippen molar-refractivity contribution in [2.75, 3.05) is 33.7 Å². The first-order chi connectivity index (χ1) is 9.41. The Bertz CT molecular complexity index is 474. The van der Waals surface area contributed by atoms with Crippen LogP contribution in [0.2, 0.25) is 0 Å². The van der Waals surface area contributed by atoms with Gasteiger partial charge in [0.25, 0.3) is 10.2 Å². The third kappa shape index (κ3) is 4.53. The highest BCUT2D eigenvalue weighted by molar-refractivity contribution is 7.86. The van der Waals surface area contributed by atoms with Gasteiger partial charge in [-0.2, -0.15) is 17.0 Å². The number of hydrogen-bond donors (Lipinski definition) is 1. The Hall–Kier alpha value is -0.470. The molecule has 1 aromatic heterocycles. The van der Waals surface area contributed by atoms with Crippen molar-refractivity contribution in [1.29, 1.82) is 0 Å². The monoisotopic (exact) mass is 319 g/mol. The topological polar surface area (TPSA) is 52.7 Å². The highest BCUT2D eigenvalue weighted by Gasteiger charge is 2.28. The van der Waals surface area contributed by atoms with Crippen LogP contribution in [0, 0.1) is 0 Å². The van der Waals surface area contributed by atoms with Crippen molar-refractivity contribution in [1.82, 2.24) is 13.9 Å². The van der Waals surface area contributed by atoms with E-state index in [0.717, 1.165) is 24.4 Å². The SMILES string of the molecule is CCNCCCN(C)S(=O)(=O)N(C)C(C)c1cccs1. The van der Waals surface area contributed by atoms with Crippen molar-refractivity contribution in [2.24, 2.45) is 0 Å². The molecule has 1 heterocycles. The van der Waals surface area contributed by atoms with Gasteiger partial charge in [0.1, 0.15) is 0 Å². The first-order valence-electron chi connectivity index (χ1n) is 6.84. The van der Waals surface area contributed by atoms with Crippen LogP contribution < -0.4 is 5.32 Å². The molecule has 1 atom stereocenters. The lowest BCUT2D eigenvalue weighted by Gasteiger charge is -2.28. The Morgan fingerprint density at radius 3 is 2.65 bits per heavy atom. The van der Waals surface area contributed by atoms with Gasteiger partial charge in [-0.05, 0) is 37.9 Å². The van der Waals surface area contributed by atoms with Gasteiger partial charge < -0.3 is 5.32 Å². The minimum absolute atomic E-state index is 0.142. The van der Waals surface area contributed by atoms with Crippen LogP contribution in [0.25, 0.3) is 0 Å². The molecule has 1 N–H and O–H groups in total. The van der Waals surface area contributed by atoms with E-state index in [-0.39, 0.29) is 6.04 Å². The van der Waals surface area contributed by atoms with Crippen LogP contribution in [0.5, 0.6) is 0 Å². The van der Waals surface area contributed by atoms with Crippen LogP contribution in [-0.4, -0.2) is 50.8 Å². The first kappa shape index (κ1) is 17.6. The van der Waals surface area contributed by atoms with Crippen molar-refractivity contribution in [3.05, 3.63) is 22.4 Å². The highest BCUT2D eigenvalue weighted by atomic mass is 32.2. The van der Waals surface area contributed by atoms with Crippen molar-refractivity contribution < 1.29 is 8.42 Å². The molecule has 1 aromatic rings. The van der Waals surface area contributed by atoms with Gasteiger partial charge in [-0.1, -0.05) is 13.0 Å². The molecule has 0 radical (unpaired) electrons. The molecule has 20 heavy (non-hydrogen) atoms. The summed E-state index contributed by atoms with van der Waals surface area (Å²) in [6, 6.07) is 3.76. The maximum atomic E-state index is 12.5. The van der Waals surface area contributed by atoms with Crippen LogP contribution in [-0.2, 0) is 10.2 Å². The summed E-state index contributed by atoms with van der Waals surface area (Å²) < 4.78 is 27.8. The quantitative estimate of drug-likeness (QED) is 0.708. The van der Waals surface area contributed by atoms with E-state index in [1.165, 1.54) is 8.61 Å². The molecule has 0 spiro atoms. The Balaban J connectivity index is 2.62. The van der Waals surface area contributed by atoms with Gasteiger partial charge in [-0.25, -0.2) is 0 Å². The molecule has 0 amide bonds. The Kier molecular flexibility index (Phi) is 7.11. The summed E-state index contributed by atoms with van der Waals surface area (Å²) in [5, 5.41) is 5.16. The molecule has 0 aliphatic rings. The number of nitrogens with zero attached hydrogens (tertiary/aromatic N) is 2. The highest BCUT2D eigenvalue weighted by Crippen LogP contribution is 2.26. The summed E-state index contributed by atoms with van der Waals surface area (Å²) in [6.45, 7) is 6.22. The average molecular weight is 319 g/mol. The molecule has 0 fully saturated rings. The van der Waals surface area contributed by atoms with Crippen LogP contribution >= 0.6 is 11.3 Å². The van der Waals surface area contributed by atoms with Crippen molar-refractivity contribution in [3.8, 4) is 0 Å². The van der Waals surface area contributed by atoms with E-state index in [9.17, 15) is 8.42 Å². The second kappa shape index (κ2) is 8.09. The zero-order valence-corrected chi connectivity index (χ0v) is 14.3. The maximum Gasteiger partial charge on any atom is 0.282 e. The zero-order valence-electron chi connectivity index (χ0n) is 12.7. The Labute approximate surface area is 126 Å². The normalized spacial score (nSPS) is 14.1. The van der Waals surface area contributed by atoms with Gasteiger partial charge in [0, 0.05) is 25.5 Å². The fourth-order valence-electron chi connectivity index (χ4n) is 1.85. The number of rotatable bonds is 9. The molecule has 0 aliphatic carbocycles. The molecule has 1 rings (SSSR count). The predicted octanol–water partition coefficient (Wildman–Crippen LogP) is 1.92. The van der Waals surface area contributed by atoms with E-state index in [4.69, 9.17) is 0 Å². The number of thiophene rings is 1. The van der Waals surface area contributed by atoms with E-state index in [0.29, 0.717) is 6.54 Å². The van der Waals surface area contributed by atoms with Crippen molar-refractivity contribution in [3.63, 3.8) is 0 Å². The lowest BCUT2D eigenvalue weighted by atomic mass is 10.3. The zero-order chi connectivity index (χ0) is 15.2. The summed E-state index contributed by atoms with van der Waals surface area (Å²) in [7, 11) is -0.129. The molecular weight excluding hydrogens is 294 g/mol. The summed E-state index contributed by atoms with van der Waals surface area (Å²) in [6.07, 6.45) is 0.810. The van der Waals surface area contributed by atoms with E-state index >= 15 is 0 Å². The molecule has 7 heteroatoms. The summed E-state index contributed by atoms with van der Waals surface area (Å²) in [5.74, 6) is 0. The average Bonchev–Trinajstić information content (AvgIpc) is 2.95. The predicted molar refractivity (Wildman–Crippen MR) is 85.2 cm³/mol. The molecule has 0 saturated heterocycles. The molecule has 116 valence electrons. The molecule has 0 bridgehead atoms. The fraction of sp³-hybridized carbons (Fsp3) is 0.692. The Morgan fingerprint density at radius 2 is 2.10 bits per heavy atom. The van der Waals surface area contributed by atoms with Crippen molar-refractivity contribution >= 4 is 21.5 Å². The van der Waals surface area contributed by atoms with Gasteiger partial charge >= 0.3 is 0 Å². The molecule has 5 nitrogen and oxygen atoms in total. The standard InChI is InChI=1S/C13H25N3O2S2/c1-5-14-9-7-10-15(3)20(17,18)16(4)12(2)13-8-6-11-19-13/h6,8,11-12,14H,5,7,9-10H2,1-4H3. The van der Waals surface area contributed by atoms with Crippen LogP contribution in [0.15, 0.2) is 17.5 Å².